The number of halogens is 1. The topological polar surface area (TPSA) is 48.0 Å². The van der Waals surface area contributed by atoms with E-state index < -0.39 is 5.60 Å². The molecule has 6 heteroatoms. The SMILES string of the molecule is COc1cc(Br)ccc1OCC1CN(C(=O)OC(C)(C)C)C1. The van der Waals surface area contributed by atoms with Crippen LogP contribution in [0.2, 0.25) is 0 Å². The van der Waals surface area contributed by atoms with Gasteiger partial charge in [-0.25, -0.2) is 4.79 Å². The van der Waals surface area contributed by atoms with Crippen molar-refractivity contribution in [3.05, 3.63) is 22.7 Å². The number of carbonyl (C=O) groups excluding carboxylic acids is 1. The van der Waals surface area contributed by atoms with Crippen LogP contribution in [-0.2, 0) is 4.74 Å². The van der Waals surface area contributed by atoms with E-state index in [1.165, 1.54) is 0 Å². The Morgan fingerprint density at radius 2 is 2.00 bits per heavy atom. The largest absolute Gasteiger partial charge is 0.493 e. The minimum Gasteiger partial charge on any atom is -0.493 e. The molecule has 0 saturated carbocycles. The van der Waals surface area contributed by atoms with E-state index in [2.05, 4.69) is 15.9 Å². The molecule has 1 aromatic carbocycles. The fourth-order valence-electron chi connectivity index (χ4n) is 2.12. The van der Waals surface area contributed by atoms with Gasteiger partial charge in [0, 0.05) is 23.5 Å². The van der Waals surface area contributed by atoms with Gasteiger partial charge in [-0.15, -0.1) is 0 Å². The minimum absolute atomic E-state index is 0.259. The minimum atomic E-state index is -0.455. The molecule has 1 saturated heterocycles. The summed E-state index contributed by atoms with van der Waals surface area (Å²) in [5, 5.41) is 0. The van der Waals surface area contributed by atoms with Crippen molar-refractivity contribution in [2.45, 2.75) is 26.4 Å². The lowest BCUT2D eigenvalue weighted by atomic mass is 10.0. The summed E-state index contributed by atoms with van der Waals surface area (Å²) in [6.07, 6.45) is -0.259. The van der Waals surface area contributed by atoms with Crippen LogP contribution in [0.5, 0.6) is 11.5 Å². The number of ether oxygens (including phenoxy) is 3. The third-order valence-corrected chi connectivity index (χ3v) is 3.70. The Balaban J connectivity index is 1.78. The number of benzene rings is 1. The Kier molecular flexibility index (Phi) is 5.21. The van der Waals surface area contributed by atoms with Crippen LogP contribution in [0.15, 0.2) is 22.7 Å². The maximum absolute atomic E-state index is 11.8. The molecule has 0 bridgehead atoms. The highest BCUT2D eigenvalue weighted by Crippen LogP contribution is 2.31. The van der Waals surface area contributed by atoms with Crippen LogP contribution in [0.25, 0.3) is 0 Å². The summed E-state index contributed by atoms with van der Waals surface area (Å²) in [5.74, 6) is 1.72. The maximum atomic E-state index is 11.8. The number of carbonyl (C=O) groups is 1. The van der Waals surface area contributed by atoms with Gasteiger partial charge in [0.1, 0.15) is 5.60 Å². The average molecular weight is 372 g/mol. The maximum Gasteiger partial charge on any atom is 0.410 e. The molecule has 1 aliphatic rings. The van der Waals surface area contributed by atoms with E-state index in [9.17, 15) is 4.79 Å². The van der Waals surface area contributed by atoms with Crippen molar-refractivity contribution in [3.63, 3.8) is 0 Å². The Labute approximate surface area is 139 Å². The van der Waals surface area contributed by atoms with E-state index >= 15 is 0 Å². The second-order valence-electron chi connectivity index (χ2n) is 6.36. The van der Waals surface area contributed by atoms with Crippen molar-refractivity contribution >= 4 is 22.0 Å². The van der Waals surface area contributed by atoms with E-state index in [1.807, 2.05) is 39.0 Å². The summed E-state index contributed by atoms with van der Waals surface area (Å²) in [5.41, 5.74) is -0.455. The Hall–Kier alpha value is -1.43. The van der Waals surface area contributed by atoms with Crippen molar-refractivity contribution in [1.82, 2.24) is 4.90 Å². The molecule has 0 aromatic heterocycles. The third-order valence-electron chi connectivity index (χ3n) is 3.21. The molecule has 1 heterocycles. The zero-order valence-corrected chi connectivity index (χ0v) is 15.0. The molecule has 2 rings (SSSR count). The summed E-state index contributed by atoms with van der Waals surface area (Å²) >= 11 is 3.40. The first kappa shape index (κ1) is 16.9. The number of hydrogen-bond donors (Lipinski definition) is 0. The van der Waals surface area contributed by atoms with Crippen LogP contribution in [0.1, 0.15) is 20.8 Å². The molecule has 122 valence electrons. The smallest absolute Gasteiger partial charge is 0.410 e. The van der Waals surface area contributed by atoms with Gasteiger partial charge in [0.2, 0.25) is 0 Å². The van der Waals surface area contributed by atoms with E-state index in [-0.39, 0.29) is 6.09 Å². The summed E-state index contributed by atoms with van der Waals surface area (Å²) in [4.78, 5) is 13.5. The van der Waals surface area contributed by atoms with Crippen LogP contribution >= 0.6 is 15.9 Å². The number of amides is 1. The Morgan fingerprint density at radius 1 is 1.32 bits per heavy atom. The Morgan fingerprint density at radius 3 is 2.59 bits per heavy atom. The molecule has 1 aliphatic heterocycles. The molecule has 0 radical (unpaired) electrons. The first-order valence-corrected chi connectivity index (χ1v) is 8.02. The Bertz CT molecular complexity index is 535. The number of methoxy groups -OCH3 is 1. The summed E-state index contributed by atoms with van der Waals surface area (Å²) in [6, 6.07) is 5.64. The van der Waals surface area contributed by atoms with Gasteiger partial charge in [-0.2, -0.15) is 0 Å². The normalized spacial score (nSPS) is 15.2. The van der Waals surface area contributed by atoms with Crippen LogP contribution in [0.3, 0.4) is 0 Å². The lowest BCUT2D eigenvalue weighted by Crippen LogP contribution is -2.53. The van der Waals surface area contributed by atoms with Gasteiger partial charge in [0.15, 0.2) is 11.5 Å². The van der Waals surface area contributed by atoms with Gasteiger partial charge < -0.3 is 19.1 Å². The number of likely N-dealkylation sites (tertiary alicyclic amines) is 1. The molecule has 0 spiro atoms. The van der Waals surface area contributed by atoms with Gasteiger partial charge in [0.05, 0.1) is 13.7 Å². The fourth-order valence-corrected chi connectivity index (χ4v) is 2.46. The van der Waals surface area contributed by atoms with E-state index in [0.717, 1.165) is 4.47 Å². The monoisotopic (exact) mass is 371 g/mol. The molecule has 1 aromatic rings. The van der Waals surface area contributed by atoms with Crippen LogP contribution in [-0.4, -0.2) is 43.4 Å². The van der Waals surface area contributed by atoms with Gasteiger partial charge in [0.25, 0.3) is 0 Å². The van der Waals surface area contributed by atoms with E-state index in [4.69, 9.17) is 14.2 Å². The lowest BCUT2D eigenvalue weighted by Gasteiger charge is -2.39. The lowest BCUT2D eigenvalue weighted by molar-refractivity contribution is -0.00796. The fraction of sp³-hybridized carbons (Fsp3) is 0.562. The molecule has 22 heavy (non-hydrogen) atoms. The molecule has 0 aliphatic carbocycles. The molecule has 0 unspecified atom stereocenters. The zero-order valence-electron chi connectivity index (χ0n) is 13.4. The van der Waals surface area contributed by atoms with Crippen LogP contribution in [0.4, 0.5) is 4.79 Å². The standard InChI is InChI=1S/C16H22BrNO4/c1-16(2,3)22-15(19)18-8-11(9-18)10-21-13-6-5-12(17)7-14(13)20-4/h5-7,11H,8-10H2,1-4H3. The van der Waals surface area contributed by atoms with Gasteiger partial charge in [-0.3, -0.25) is 0 Å². The molecular weight excluding hydrogens is 350 g/mol. The van der Waals surface area contributed by atoms with Gasteiger partial charge >= 0.3 is 6.09 Å². The quantitative estimate of drug-likeness (QED) is 0.809. The van der Waals surface area contributed by atoms with Gasteiger partial charge in [-0.05, 0) is 39.0 Å². The van der Waals surface area contributed by atoms with Crippen molar-refractivity contribution in [2.75, 3.05) is 26.8 Å². The number of rotatable bonds is 4. The molecule has 1 amide bonds. The predicted molar refractivity (Wildman–Crippen MR) is 87.5 cm³/mol. The highest BCUT2D eigenvalue weighted by molar-refractivity contribution is 9.10. The molecule has 0 N–H and O–H groups in total. The zero-order chi connectivity index (χ0) is 16.3. The van der Waals surface area contributed by atoms with E-state index in [0.29, 0.717) is 37.1 Å². The van der Waals surface area contributed by atoms with Crippen LogP contribution in [0, 0.1) is 5.92 Å². The first-order valence-electron chi connectivity index (χ1n) is 7.23. The second kappa shape index (κ2) is 6.77. The van der Waals surface area contributed by atoms with Crippen molar-refractivity contribution in [3.8, 4) is 11.5 Å². The first-order chi connectivity index (χ1) is 10.3. The summed E-state index contributed by atoms with van der Waals surface area (Å²) < 4.78 is 17.3. The van der Waals surface area contributed by atoms with Crippen LogP contribution < -0.4 is 9.47 Å². The summed E-state index contributed by atoms with van der Waals surface area (Å²) in [7, 11) is 1.61. The molecule has 0 atom stereocenters. The molecular formula is C16H22BrNO4. The summed E-state index contributed by atoms with van der Waals surface area (Å²) in [6.45, 7) is 7.47. The predicted octanol–water partition coefficient (Wildman–Crippen LogP) is 3.70. The number of nitrogens with zero attached hydrogens (tertiary/aromatic N) is 1. The van der Waals surface area contributed by atoms with Crippen molar-refractivity contribution in [1.29, 1.82) is 0 Å². The van der Waals surface area contributed by atoms with Crippen molar-refractivity contribution < 1.29 is 19.0 Å². The van der Waals surface area contributed by atoms with E-state index in [1.54, 1.807) is 12.0 Å². The second-order valence-corrected chi connectivity index (χ2v) is 7.27. The molecule has 1 fully saturated rings. The molecule has 5 nitrogen and oxygen atoms in total. The number of hydrogen-bond acceptors (Lipinski definition) is 4. The van der Waals surface area contributed by atoms with Crippen molar-refractivity contribution in [2.24, 2.45) is 5.92 Å². The highest BCUT2D eigenvalue weighted by Gasteiger charge is 2.34. The highest BCUT2D eigenvalue weighted by atomic mass is 79.9. The third kappa shape index (κ3) is 4.53. The average Bonchev–Trinajstić information content (AvgIpc) is 2.36. The van der Waals surface area contributed by atoms with Gasteiger partial charge in [-0.1, -0.05) is 15.9 Å².